The van der Waals surface area contributed by atoms with Crippen LogP contribution in [0.5, 0.6) is 11.5 Å². The number of halogens is 1. The van der Waals surface area contributed by atoms with Crippen LogP contribution >= 0.6 is 11.6 Å². The zero-order valence-corrected chi connectivity index (χ0v) is 22.9. The molecule has 0 saturated carbocycles. The summed E-state index contributed by atoms with van der Waals surface area (Å²) in [5.74, 6) is 0.102. The highest BCUT2D eigenvalue weighted by Crippen LogP contribution is 2.48. The zero-order chi connectivity index (χ0) is 28.1. The molecule has 1 N–H and O–H groups in total. The first kappa shape index (κ1) is 25.5. The molecule has 0 bridgehead atoms. The van der Waals surface area contributed by atoms with Crippen molar-refractivity contribution in [2.75, 3.05) is 6.61 Å². The van der Waals surface area contributed by atoms with Crippen molar-refractivity contribution in [2.45, 2.75) is 38.3 Å². The highest BCUT2D eigenvalue weighted by molar-refractivity contribution is 6.30. The van der Waals surface area contributed by atoms with Gasteiger partial charge in [0.25, 0.3) is 5.79 Å². The highest BCUT2D eigenvalue weighted by atomic mass is 35.5. The van der Waals surface area contributed by atoms with Gasteiger partial charge in [0, 0.05) is 37.4 Å². The van der Waals surface area contributed by atoms with E-state index in [1.54, 1.807) is 36.5 Å². The summed E-state index contributed by atoms with van der Waals surface area (Å²) in [5, 5.41) is 10.1. The van der Waals surface area contributed by atoms with E-state index in [1.807, 2.05) is 54.2 Å². The predicted octanol–water partition coefficient (Wildman–Crippen LogP) is 5.22. The second-order valence-electron chi connectivity index (χ2n) is 10.3. The van der Waals surface area contributed by atoms with Gasteiger partial charge in [0.2, 0.25) is 6.54 Å². The summed E-state index contributed by atoms with van der Waals surface area (Å²) in [7, 11) is 0. The maximum atomic E-state index is 11.6. The van der Waals surface area contributed by atoms with Crippen molar-refractivity contribution in [3.05, 3.63) is 101 Å². The van der Waals surface area contributed by atoms with Crippen molar-refractivity contribution in [3.8, 4) is 22.6 Å². The quantitative estimate of drug-likeness (QED) is 0.268. The van der Waals surface area contributed by atoms with Crippen LogP contribution in [0.1, 0.15) is 35.2 Å². The van der Waals surface area contributed by atoms with E-state index in [2.05, 4.69) is 9.55 Å². The van der Waals surface area contributed by atoms with Gasteiger partial charge in [-0.05, 0) is 48.4 Å². The third-order valence-electron chi connectivity index (χ3n) is 7.55. The minimum atomic E-state index is -1.07. The van der Waals surface area contributed by atoms with Crippen LogP contribution in [0, 0.1) is 0 Å². The number of hydrogen-bond acceptors (Lipinski definition) is 6. The van der Waals surface area contributed by atoms with Gasteiger partial charge in [-0.15, -0.1) is 0 Å². The fourth-order valence-corrected chi connectivity index (χ4v) is 5.38. The number of carbonyl (C=O) groups is 1. The van der Waals surface area contributed by atoms with Crippen LogP contribution in [-0.2, 0) is 23.6 Å². The Morgan fingerprint density at radius 2 is 1.98 bits per heavy atom. The van der Waals surface area contributed by atoms with Crippen molar-refractivity contribution in [1.29, 1.82) is 0 Å². The lowest BCUT2D eigenvalue weighted by molar-refractivity contribution is -0.689. The van der Waals surface area contributed by atoms with Crippen molar-refractivity contribution >= 4 is 28.6 Å². The highest BCUT2D eigenvalue weighted by Gasteiger charge is 2.41. The number of aromatic nitrogens is 4. The van der Waals surface area contributed by atoms with Gasteiger partial charge in [-0.1, -0.05) is 23.7 Å². The number of carboxylic acids is 1. The monoisotopic (exact) mass is 569 g/mol. The molecule has 41 heavy (non-hydrogen) atoms. The number of aromatic carboxylic acids is 1. The van der Waals surface area contributed by atoms with Crippen LogP contribution in [0.15, 0.2) is 79.3 Å². The van der Waals surface area contributed by atoms with Crippen LogP contribution in [0.25, 0.3) is 22.2 Å². The lowest BCUT2D eigenvalue weighted by Crippen LogP contribution is -2.36. The minimum absolute atomic E-state index is 0.100. The van der Waals surface area contributed by atoms with E-state index in [9.17, 15) is 9.90 Å². The number of imidazole rings is 1. The molecule has 0 unspecified atom stereocenters. The van der Waals surface area contributed by atoms with Crippen LogP contribution in [-0.4, -0.2) is 38.3 Å². The minimum Gasteiger partial charge on any atom is -0.478 e. The van der Waals surface area contributed by atoms with Crippen LogP contribution in [0.4, 0.5) is 0 Å². The van der Waals surface area contributed by atoms with Crippen LogP contribution in [0.3, 0.4) is 0 Å². The maximum Gasteiger partial charge on any atom is 0.335 e. The molecular weight excluding hydrogens is 544 g/mol. The number of nitrogens with zero attached hydrogens (tertiary/aromatic N) is 4. The molecule has 10 heteroatoms. The molecule has 7 rings (SSSR count). The predicted molar refractivity (Wildman–Crippen MR) is 150 cm³/mol. The Morgan fingerprint density at radius 1 is 1.15 bits per heavy atom. The summed E-state index contributed by atoms with van der Waals surface area (Å²) in [4.78, 5) is 20.8. The molecule has 0 spiro atoms. The number of fused-ring (bicyclic) bond motifs is 2. The normalized spacial score (nSPS) is 19.3. The lowest BCUT2D eigenvalue weighted by atomic mass is 10.1. The fourth-order valence-electron chi connectivity index (χ4n) is 5.27. The summed E-state index contributed by atoms with van der Waals surface area (Å²) >= 11 is 6.02. The van der Waals surface area contributed by atoms with Gasteiger partial charge >= 0.3 is 5.97 Å². The van der Waals surface area contributed by atoms with Crippen LogP contribution < -0.4 is 14.0 Å². The molecule has 2 atom stereocenters. The molecule has 206 valence electrons. The van der Waals surface area contributed by atoms with Gasteiger partial charge in [-0.2, -0.15) is 4.57 Å². The van der Waals surface area contributed by atoms with Crippen molar-refractivity contribution in [3.63, 3.8) is 0 Å². The van der Waals surface area contributed by atoms with Gasteiger partial charge in [0.1, 0.15) is 5.69 Å². The SMILES string of the molecule is C[C@]1(c2ccc(Cl)cn2)Oc2cccc(-c3cc[n+](Cc4nc5ccc(C(=O)O)cc5n4C[C@@H]4CCO4)cc3)c2O1. The molecule has 5 heterocycles. The van der Waals surface area contributed by atoms with E-state index >= 15 is 0 Å². The second-order valence-corrected chi connectivity index (χ2v) is 10.8. The van der Waals surface area contributed by atoms with E-state index in [1.165, 1.54) is 0 Å². The standard InChI is InChI=1S/C31H25ClN4O5/c1-31(27-8-6-21(32)16-33-27)40-26-4-2-3-23(29(26)41-31)19-9-12-35(13-10-19)18-28-34-24-7-5-20(30(37)38)15-25(24)36(28)17-22-11-14-39-22/h2-10,12-13,15-16,22H,11,14,17-18H2,1H3/p+1/t22-,31-/m0/s1. The number of benzene rings is 2. The number of ether oxygens (including phenoxy) is 3. The van der Waals surface area contributed by atoms with Crippen molar-refractivity contribution in [2.24, 2.45) is 0 Å². The van der Waals surface area contributed by atoms with E-state index < -0.39 is 11.8 Å². The van der Waals surface area contributed by atoms with E-state index in [4.69, 9.17) is 30.8 Å². The Hall–Kier alpha value is -4.47. The number of pyridine rings is 2. The molecule has 9 nitrogen and oxygen atoms in total. The molecule has 0 aliphatic carbocycles. The Morgan fingerprint density at radius 3 is 2.68 bits per heavy atom. The Labute approximate surface area is 240 Å². The first-order valence-corrected chi connectivity index (χ1v) is 13.7. The maximum absolute atomic E-state index is 11.6. The first-order chi connectivity index (χ1) is 19.9. The number of para-hydroxylation sites is 1. The Balaban J connectivity index is 1.17. The molecule has 1 saturated heterocycles. The van der Waals surface area contributed by atoms with E-state index in [0.717, 1.165) is 41.0 Å². The zero-order valence-electron chi connectivity index (χ0n) is 22.2. The first-order valence-electron chi connectivity index (χ1n) is 13.3. The molecule has 5 aromatic rings. The lowest BCUT2D eigenvalue weighted by Gasteiger charge is -2.27. The third-order valence-corrected chi connectivity index (χ3v) is 7.78. The van der Waals surface area contributed by atoms with Gasteiger partial charge in [0.15, 0.2) is 29.7 Å². The summed E-state index contributed by atoms with van der Waals surface area (Å²) in [6.45, 7) is 3.72. The molecule has 1 fully saturated rings. The smallest absolute Gasteiger partial charge is 0.335 e. The average Bonchev–Trinajstić information content (AvgIpc) is 3.47. The van der Waals surface area contributed by atoms with Gasteiger partial charge in [-0.3, -0.25) is 4.98 Å². The molecule has 2 aromatic carbocycles. The Bertz CT molecular complexity index is 1780. The third kappa shape index (κ3) is 4.67. The van der Waals surface area contributed by atoms with Gasteiger partial charge in [-0.25, -0.2) is 9.78 Å². The van der Waals surface area contributed by atoms with Gasteiger partial charge < -0.3 is 23.9 Å². The fraction of sp³-hybridized carbons (Fsp3) is 0.226. The van der Waals surface area contributed by atoms with Crippen LogP contribution in [0.2, 0.25) is 5.02 Å². The molecule has 0 radical (unpaired) electrons. The average molecular weight is 570 g/mol. The van der Waals surface area contributed by atoms with Crippen molar-refractivity contribution < 1.29 is 28.7 Å². The number of hydrogen-bond donors (Lipinski definition) is 1. The van der Waals surface area contributed by atoms with E-state index in [-0.39, 0.29) is 11.7 Å². The summed E-state index contributed by atoms with van der Waals surface area (Å²) in [6.07, 6.45) is 6.64. The molecule has 3 aromatic heterocycles. The van der Waals surface area contributed by atoms with Gasteiger partial charge in [0.05, 0.1) is 34.3 Å². The van der Waals surface area contributed by atoms with Crippen molar-refractivity contribution in [1.82, 2.24) is 14.5 Å². The number of rotatable bonds is 7. The topological polar surface area (TPSA) is 99.6 Å². The molecule has 2 aliphatic heterocycles. The molecule has 2 aliphatic rings. The molecule has 0 amide bonds. The second kappa shape index (κ2) is 9.87. The summed E-state index contributed by atoms with van der Waals surface area (Å²) < 4.78 is 22.4. The Kier molecular flexibility index (Phi) is 6.13. The van der Waals surface area contributed by atoms with E-state index in [0.29, 0.717) is 35.3 Å². The number of carboxylic acid groups (broad SMARTS) is 1. The summed E-state index contributed by atoms with van der Waals surface area (Å²) in [5.41, 5.74) is 4.29. The summed E-state index contributed by atoms with van der Waals surface area (Å²) in [6, 6.07) is 18.5. The molecular formula is C31H26ClN4O5+. The largest absolute Gasteiger partial charge is 0.478 e.